The van der Waals surface area contributed by atoms with Gasteiger partial charge in [0.2, 0.25) is 0 Å². The molecular formula is C6H10F2. The van der Waals surface area contributed by atoms with Gasteiger partial charge >= 0.3 is 0 Å². The molecule has 0 aliphatic heterocycles. The first-order valence-electron chi connectivity index (χ1n) is 3.02. The van der Waals surface area contributed by atoms with Crippen molar-refractivity contribution in [3.8, 4) is 0 Å². The molecule has 0 radical (unpaired) electrons. The zero-order valence-electron chi connectivity index (χ0n) is 4.79. The number of hydrogen-bond donors (Lipinski definition) is 0. The first kappa shape index (κ1) is 5.99. The molecule has 0 heterocycles. The molecule has 0 spiro atoms. The molecule has 1 rings (SSSR count). The fraction of sp³-hybridized carbons (Fsp3) is 1.00. The van der Waals surface area contributed by atoms with Gasteiger partial charge in [0.1, 0.15) is 12.3 Å². The molecule has 0 atom stereocenters. The Morgan fingerprint density at radius 1 is 1.25 bits per heavy atom. The molecule has 0 bridgehead atoms. The van der Waals surface area contributed by atoms with E-state index in [1.54, 1.807) is 0 Å². The average Bonchev–Trinajstić information content (AvgIpc) is 2.17. The average molecular weight is 120 g/mol. The zero-order chi connectivity index (χ0) is 6.04. The third kappa shape index (κ3) is 0.984. The summed E-state index contributed by atoms with van der Waals surface area (Å²) in [4.78, 5) is 0. The van der Waals surface area contributed by atoms with E-state index in [1.807, 2.05) is 0 Å². The van der Waals surface area contributed by atoms with E-state index in [9.17, 15) is 8.78 Å². The Labute approximate surface area is 47.9 Å². The molecule has 1 saturated carbocycles. The van der Waals surface area contributed by atoms with Crippen LogP contribution in [0.15, 0.2) is 0 Å². The molecule has 0 nitrogen and oxygen atoms in total. The molecule has 0 amide bonds. The molecule has 2 heteroatoms. The van der Waals surface area contributed by atoms with E-state index in [4.69, 9.17) is 0 Å². The summed E-state index contributed by atoms with van der Waals surface area (Å²) in [6, 6.07) is 0. The van der Waals surface area contributed by atoms with Crippen molar-refractivity contribution in [1.82, 2.24) is 0 Å². The van der Waals surface area contributed by atoms with Crippen LogP contribution >= 0.6 is 0 Å². The highest BCUT2D eigenvalue weighted by Crippen LogP contribution is 2.33. The Bertz CT molecular complexity index is 74.6. The maximum absolute atomic E-state index is 12.7. The van der Waals surface area contributed by atoms with Crippen molar-refractivity contribution in [2.24, 2.45) is 0 Å². The second kappa shape index (κ2) is 2.00. The predicted molar refractivity (Wildman–Crippen MR) is 28.3 cm³/mol. The molecule has 1 fully saturated rings. The monoisotopic (exact) mass is 120 g/mol. The van der Waals surface area contributed by atoms with E-state index >= 15 is 0 Å². The summed E-state index contributed by atoms with van der Waals surface area (Å²) < 4.78 is 24.4. The molecule has 8 heavy (non-hydrogen) atoms. The van der Waals surface area contributed by atoms with E-state index in [-0.39, 0.29) is 0 Å². The maximum Gasteiger partial charge on any atom is 0.139 e. The van der Waals surface area contributed by atoms with Crippen molar-refractivity contribution in [1.29, 1.82) is 0 Å². The van der Waals surface area contributed by atoms with Gasteiger partial charge in [0.05, 0.1) is 0 Å². The lowest BCUT2D eigenvalue weighted by Gasteiger charge is -2.11. The van der Waals surface area contributed by atoms with Crippen molar-refractivity contribution in [3.05, 3.63) is 0 Å². The lowest BCUT2D eigenvalue weighted by Crippen LogP contribution is -2.19. The summed E-state index contributed by atoms with van der Waals surface area (Å²) in [5.41, 5.74) is -1.43. The van der Waals surface area contributed by atoms with Crippen LogP contribution in [-0.2, 0) is 0 Å². The smallest absolute Gasteiger partial charge is 0.139 e. The molecule has 0 aromatic rings. The fourth-order valence-corrected chi connectivity index (χ4v) is 1.14. The van der Waals surface area contributed by atoms with Crippen molar-refractivity contribution in [2.75, 3.05) is 6.67 Å². The van der Waals surface area contributed by atoms with Crippen molar-refractivity contribution >= 4 is 0 Å². The third-order valence-electron chi connectivity index (χ3n) is 1.74. The Morgan fingerprint density at radius 2 is 1.75 bits per heavy atom. The van der Waals surface area contributed by atoms with Crippen LogP contribution in [0, 0.1) is 0 Å². The second-order valence-corrected chi connectivity index (χ2v) is 2.49. The van der Waals surface area contributed by atoms with Crippen molar-refractivity contribution in [3.63, 3.8) is 0 Å². The second-order valence-electron chi connectivity index (χ2n) is 2.49. The van der Waals surface area contributed by atoms with Crippen molar-refractivity contribution in [2.45, 2.75) is 31.4 Å². The molecule has 48 valence electrons. The minimum absolute atomic E-state index is 0.434. The predicted octanol–water partition coefficient (Wildman–Crippen LogP) is 2.24. The zero-order valence-corrected chi connectivity index (χ0v) is 4.79. The first-order valence-corrected chi connectivity index (χ1v) is 3.02. The van der Waals surface area contributed by atoms with Crippen LogP contribution in [0.1, 0.15) is 25.7 Å². The van der Waals surface area contributed by atoms with Gasteiger partial charge in [-0.3, -0.25) is 0 Å². The quantitative estimate of drug-likeness (QED) is 0.497. The molecule has 0 N–H and O–H groups in total. The SMILES string of the molecule is FCC1(F)CCCC1. The summed E-state index contributed by atoms with van der Waals surface area (Å²) in [5, 5.41) is 0. The Balaban J connectivity index is 2.40. The van der Waals surface area contributed by atoms with Crippen LogP contribution < -0.4 is 0 Å². The van der Waals surface area contributed by atoms with Gasteiger partial charge in [-0.25, -0.2) is 8.78 Å². The van der Waals surface area contributed by atoms with Gasteiger partial charge in [-0.15, -0.1) is 0 Å². The van der Waals surface area contributed by atoms with Gasteiger partial charge in [0, 0.05) is 0 Å². The molecule has 0 aromatic heterocycles. The van der Waals surface area contributed by atoms with Gasteiger partial charge in [-0.1, -0.05) is 12.8 Å². The molecule has 0 unspecified atom stereocenters. The molecule has 0 aromatic carbocycles. The summed E-state index contributed by atoms with van der Waals surface area (Å²) >= 11 is 0. The maximum atomic E-state index is 12.7. The summed E-state index contributed by atoms with van der Waals surface area (Å²) in [6.45, 7) is -0.785. The number of rotatable bonds is 1. The third-order valence-corrected chi connectivity index (χ3v) is 1.74. The molecular weight excluding hydrogens is 110 g/mol. The fourth-order valence-electron chi connectivity index (χ4n) is 1.14. The first-order chi connectivity index (χ1) is 3.77. The lowest BCUT2D eigenvalue weighted by atomic mass is 10.1. The van der Waals surface area contributed by atoms with E-state index in [1.165, 1.54) is 0 Å². The van der Waals surface area contributed by atoms with E-state index in [0.29, 0.717) is 12.8 Å². The van der Waals surface area contributed by atoms with Gasteiger partial charge in [0.25, 0.3) is 0 Å². The van der Waals surface area contributed by atoms with Gasteiger partial charge in [-0.2, -0.15) is 0 Å². The van der Waals surface area contributed by atoms with Crippen LogP contribution in [0.5, 0.6) is 0 Å². The largest absolute Gasteiger partial charge is 0.248 e. The number of halogens is 2. The molecule has 0 saturated heterocycles. The minimum Gasteiger partial charge on any atom is -0.248 e. The van der Waals surface area contributed by atoms with Crippen LogP contribution in [0.25, 0.3) is 0 Å². The van der Waals surface area contributed by atoms with Crippen LogP contribution in [-0.4, -0.2) is 12.3 Å². The minimum atomic E-state index is -1.43. The summed E-state index contributed by atoms with van der Waals surface area (Å²) in [5.74, 6) is 0. The van der Waals surface area contributed by atoms with E-state index in [0.717, 1.165) is 12.8 Å². The van der Waals surface area contributed by atoms with Gasteiger partial charge in [-0.05, 0) is 12.8 Å². The molecule has 1 aliphatic carbocycles. The Hall–Kier alpha value is -0.140. The summed E-state index contributed by atoms with van der Waals surface area (Å²) in [6.07, 6.45) is 2.59. The van der Waals surface area contributed by atoms with Crippen molar-refractivity contribution < 1.29 is 8.78 Å². The van der Waals surface area contributed by atoms with Crippen LogP contribution in [0.4, 0.5) is 8.78 Å². The normalized spacial score (nSPS) is 26.2. The van der Waals surface area contributed by atoms with Crippen LogP contribution in [0.2, 0.25) is 0 Å². The van der Waals surface area contributed by atoms with Gasteiger partial charge < -0.3 is 0 Å². The lowest BCUT2D eigenvalue weighted by molar-refractivity contribution is 0.128. The highest BCUT2D eigenvalue weighted by Gasteiger charge is 2.33. The Morgan fingerprint density at radius 3 is 2.00 bits per heavy atom. The Kier molecular flexibility index (Phi) is 1.49. The number of hydrogen-bond acceptors (Lipinski definition) is 0. The highest BCUT2D eigenvalue weighted by molar-refractivity contribution is 4.83. The molecule has 1 aliphatic rings. The highest BCUT2D eigenvalue weighted by atomic mass is 19.2. The van der Waals surface area contributed by atoms with E-state index in [2.05, 4.69) is 0 Å². The summed E-state index contributed by atoms with van der Waals surface area (Å²) in [7, 11) is 0. The van der Waals surface area contributed by atoms with Gasteiger partial charge in [0.15, 0.2) is 0 Å². The van der Waals surface area contributed by atoms with E-state index < -0.39 is 12.3 Å². The topological polar surface area (TPSA) is 0 Å². The standard InChI is InChI=1S/C6H10F2/c7-5-6(8)3-1-2-4-6/h1-5H2. The van der Waals surface area contributed by atoms with Crippen LogP contribution in [0.3, 0.4) is 0 Å². The number of alkyl halides is 2.